The van der Waals surface area contributed by atoms with E-state index in [1.165, 1.54) is 10.9 Å². The average Bonchev–Trinajstić information content (AvgIpc) is 2.89. The van der Waals surface area contributed by atoms with E-state index in [4.69, 9.17) is 5.26 Å². The first-order chi connectivity index (χ1) is 10.1. The lowest BCUT2D eigenvalue weighted by Crippen LogP contribution is -2.31. The van der Waals surface area contributed by atoms with Gasteiger partial charge >= 0.3 is 0 Å². The number of aryl methyl sites for hydroxylation is 1. The van der Waals surface area contributed by atoms with Gasteiger partial charge in [-0.1, -0.05) is 29.8 Å². The number of hydrogen-bond donors (Lipinski definition) is 1. The van der Waals surface area contributed by atoms with E-state index in [-0.39, 0.29) is 18.0 Å². The van der Waals surface area contributed by atoms with Crippen LogP contribution in [-0.4, -0.2) is 16.2 Å². The molecule has 3 rings (SSSR count). The van der Waals surface area contributed by atoms with Crippen LogP contribution in [0.4, 0.5) is 14.6 Å². The Kier molecular flexibility index (Phi) is 3.34. The van der Waals surface area contributed by atoms with E-state index in [0.717, 1.165) is 11.1 Å². The molecule has 4 nitrogen and oxygen atoms in total. The van der Waals surface area contributed by atoms with Crippen LogP contribution in [0.3, 0.4) is 0 Å². The van der Waals surface area contributed by atoms with Crippen LogP contribution < -0.4 is 5.32 Å². The number of nitrogens with zero attached hydrogens (tertiary/aromatic N) is 3. The lowest BCUT2D eigenvalue weighted by molar-refractivity contribution is 0.0658. The van der Waals surface area contributed by atoms with Crippen LogP contribution in [0.2, 0.25) is 0 Å². The summed E-state index contributed by atoms with van der Waals surface area (Å²) in [6.07, 6.45) is -0.958. The summed E-state index contributed by atoms with van der Waals surface area (Å²) < 4.78 is 27.8. The molecule has 0 aliphatic carbocycles. The predicted octanol–water partition coefficient (Wildman–Crippen LogP) is 3.43. The second-order valence-corrected chi connectivity index (χ2v) is 5.21. The summed E-state index contributed by atoms with van der Waals surface area (Å²) in [7, 11) is 0. The van der Waals surface area contributed by atoms with E-state index in [1.807, 2.05) is 37.3 Å². The summed E-state index contributed by atoms with van der Waals surface area (Å²) in [6, 6.07) is 8.47. The minimum Gasteiger partial charge on any atom is -0.362 e. The number of nitrogens with one attached hydrogen (secondary N) is 1. The van der Waals surface area contributed by atoms with Gasteiger partial charge in [-0.15, -0.1) is 0 Å². The molecular weight excluding hydrogens is 274 g/mol. The van der Waals surface area contributed by atoms with Crippen molar-refractivity contribution in [2.75, 3.05) is 5.32 Å². The van der Waals surface area contributed by atoms with Gasteiger partial charge in [0.25, 0.3) is 6.43 Å². The second-order valence-electron chi connectivity index (χ2n) is 5.21. The molecule has 108 valence electrons. The van der Waals surface area contributed by atoms with Crippen molar-refractivity contribution >= 4 is 5.82 Å². The topological polar surface area (TPSA) is 53.6 Å². The minimum absolute atomic E-state index is 0.236. The molecule has 21 heavy (non-hydrogen) atoms. The summed E-state index contributed by atoms with van der Waals surface area (Å²) in [6.45, 7) is 1.98. The highest BCUT2D eigenvalue weighted by atomic mass is 19.3. The van der Waals surface area contributed by atoms with E-state index >= 15 is 0 Å². The van der Waals surface area contributed by atoms with E-state index in [2.05, 4.69) is 10.4 Å². The maximum absolute atomic E-state index is 13.3. The normalized spacial score (nSPS) is 20.7. The smallest absolute Gasteiger partial charge is 0.260 e. The number of anilines is 1. The molecule has 2 atom stereocenters. The fourth-order valence-electron chi connectivity index (χ4n) is 2.63. The highest BCUT2D eigenvalue weighted by molar-refractivity contribution is 5.54. The Balaban J connectivity index is 2.00. The molecule has 0 radical (unpaired) electrons. The van der Waals surface area contributed by atoms with Gasteiger partial charge in [0.2, 0.25) is 0 Å². The maximum atomic E-state index is 13.3. The molecule has 1 aliphatic heterocycles. The summed E-state index contributed by atoms with van der Waals surface area (Å²) in [5, 5.41) is 16.2. The largest absolute Gasteiger partial charge is 0.362 e. The van der Waals surface area contributed by atoms with Crippen LogP contribution in [0.1, 0.15) is 35.2 Å². The number of alkyl halides is 2. The first-order valence-corrected chi connectivity index (χ1v) is 6.69. The van der Waals surface area contributed by atoms with Gasteiger partial charge in [0.15, 0.2) is 0 Å². The van der Waals surface area contributed by atoms with Gasteiger partial charge in [0, 0.05) is 0 Å². The standard InChI is InChI=1S/C15H14F2N4/c1-9-2-4-10(5-3-9)12-6-13(14(16)17)21-15(20-12)11(7-18)8-19-21/h2-5,8,12-14,20H,6H2,1H3. The van der Waals surface area contributed by atoms with Gasteiger partial charge in [-0.25, -0.2) is 13.5 Å². The zero-order valence-electron chi connectivity index (χ0n) is 11.4. The number of halogens is 2. The predicted molar refractivity (Wildman–Crippen MR) is 74.1 cm³/mol. The quantitative estimate of drug-likeness (QED) is 0.921. The maximum Gasteiger partial charge on any atom is 0.260 e. The number of aromatic nitrogens is 2. The Morgan fingerprint density at radius 3 is 2.71 bits per heavy atom. The van der Waals surface area contributed by atoms with Crippen molar-refractivity contribution in [1.29, 1.82) is 5.26 Å². The Bertz CT molecular complexity index is 685. The SMILES string of the molecule is Cc1ccc(C2CC(C(F)F)n3ncc(C#N)c3N2)cc1. The number of rotatable bonds is 2. The Hall–Kier alpha value is -2.42. The molecule has 2 heterocycles. The lowest BCUT2D eigenvalue weighted by atomic mass is 9.96. The molecule has 2 aromatic rings. The Labute approximate surface area is 121 Å². The molecular formula is C15H14F2N4. The van der Waals surface area contributed by atoms with Crippen LogP contribution in [-0.2, 0) is 0 Å². The molecule has 6 heteroatoms. The fraction of sp³-hybridized carbons (Fsp3) is 0.333. The lowest BCUT2D eigenvalue weighted by Gasteiger charge is -2.32. The first kappa shape index (κ1) is 13.6. The van der Waals surface area contributed by atoms with Crippen molar-refractivity contribution in [1.82, 2.24) is 9.78 Å². The Morgan fingerprint density at radius 1 is 1.38 bits per heavy atom. The molecule has 1 aliphatic rings. The van der Waals surface area contributed by atoms with Crippen molar-refractivity contribution < 1.29 is 8.78 Å². The van der Waals surface area contributed by atoms with Crippen molar-refractivity contribution in [3.63, 3.8) is 0 Å². The first-order valence-electron chi connectivity index (χ1n) is 6.69. The average molecular weight is 288 g/mol. The summed E-state index contributed by atoms with van der Waals surface area (Å²) >= 11 is 0. The van der Waals surface area contributed by atoms with Gasteiger partial charge < -0.3 is 5.32 Å². The third-order valence-corrected chi connectivity index (χ3v) is 3.79. The van der Waals surface area contributed by atoms with E-state index in [1.54, 1.807) is 0 Å². The van der Waals surface area contributed by atoms with Crippen LogP contribution in [0, 0.1) is 18.3 Å². The summed E-state index contributed by atoms with van der Waals surface area (Å²) in [5.74, 6) is 0.375. The van der Waals surface area contributed by atoms with Crippen LogP contribution in [0.5, 0.6) is 0 Å². The van der Waals surface area contributed by atoms with Crippen molar-refractivity contribution in [3.8, 4) is 6.07 Å². The van der Waals surface area contributed by atoms with E-state index in [0.29, 0.717) is 5.82 Å². The van der Waals surface area contributed by atoms with Gasteiger partial charge in [-0.3, -0.25) is 0 Å². The molecule has 0 amide bonds. The molecule has 0 saturated heterocycles. The number of hydrogen-bond acceptors (Lipinski definition) is 3. The summed E-state index contributed by atoms with van der Waals surface area (Å²) in [5.41, 5.74) is 2.34. The summed E-state index contributed by atoms with van der Waals surface area (Å²) in [4.78, 5) is 0. The van der Waals surface area contributed by atoms with Gasteiger partial charge in [-0.05, 0) is 18.9 Å². The molecule has 1 aromatic heterocycles. The zero-order valence-corrected chi connectivity index (χ0v) is 11.4. The molecule has 0 bridgehead atoms. The molecule has 0 fully saturated rings. The third kappa shape index (κ3) is 2.35. The second kappa shape index (κ2) is 5.17. The van der Waals surface area contributed by atoms with E-state index < -0.39 is 12.5 Å². The van der Waals surface area contributed by atoms with Crippen molar-refractivity contribution in [3.05, 3.63) is 47.2 Å². The monoisotopic (exact) mass is 288 g/mol. The number of nitriles is 1. The third-order valence-electron chi connectivity index (χ3n) is 3.79. The highest BCUT2D eigenvalue weighted by Crippen LogP contribution is 2.39. The van der Waals surface area contributed by atoms with Crippen molar-refractivity contribution in [2.45, 2.75) is 31.9 Å². The number of benzene rings is 1. The molecule has 2 unspecified atom stereocenters. The van der Waals surface area contributed by atoms with E-state index in [9.17, 15) is 8.78 Å². The van der Waals surface area contributed by atoms with Gasteiger partial charge in [0.05, 0.1) is 12.2 Å². The van der Waals surface area contributed by atoms with Crippen LogP contribution >= 0.6 is 0 Å². The molecule has 0 saturated carbocycles. The number of fused-ring (bicyclic) bond motifs is 1. The molecule has 1 N–H and O–H groups in total. The van der Waals surface area contributed by atoms with Gasteiger partial charge in [0.1, 0.15) is 23.5 Å². The molecule has 1 aromatic carbocycles. The van der Waals surface area contributed by atoms with Crippen molar-refractivity contribution in [2.24, 2.45) is 0 Å². The highest BCUT2D eigenvalue weighted by Gasteiger charge is 2.35. The minimum atomic E-state index is -2.52. The molecule has 0 spiro atoms. The fourth-order valence-corrected chi connectivity index (χ4v) is 2.63. The Morgan fingerprint density at radius 2 is 2.10 bits per heavy atom. The van der Waals surface area contributed by atoms with Crippen LogP contribution in [0.15, 0.2) is 30.5 Å². The van der Waals surface area contributed by atoms with Gasteiger partial charge in [-0.2, -0.15) is 10.4 Å². The van der Waals surface area contributed by atoms with Crippen LogP contribution in [0.25, 0.3) is 0 Å². The zero-order chi connectivity index (χ0) is 15.0.